The van der Waals surface area contributed by atoms with Crippen LogP contribution in [0.25, 0.3) is 11.5 Å². The first kappa shape index (κ1) is 22.3. The Morgan fingerprint density at radius 3 is 2.39 bits per heavy atom. The fraction of sp³-hybridized carbons (Fsp3) is 0.0526. The van der Waals surface area contributed by atoms with Gasteiger partial charge in [0.25, 0.3) is 5.91 Å². The van der Waals surface area contributed by atoms with Crippen LogP contribution in [0.5, 0.6) is 0 Å². The normalized spacial score (nSPS) is 11.3. The number of benzene rings is 1. The molecule has 0 unspecified atom stereocenters. The largest absolute Gasteiger partial charge is 0.434 e. The molecule has 3 aromatic heterocycles. The number of carbonyl (C=O) groups is 1. The summed E-state index contributed by atoms with van der Waals surface area (Å²) >= 11 is 12.2. The van der Waals surface area contributed by atoms with Crippen LogP contribution in [0.4, 0.5) is 18.9 Å². The Morgan fingerprint density at radius 2 is 1.79 bits per heavy atom. The molecule has 0 aliphatic carbocycles. The maximum Gasteiger partial charge on any atom is 0.434 e. The van der Waals surface area contributed by atoms with Gasteiger partial charge in [-0.15, -0.1) is 4.80 Å². The zero-order valence-electron chi connectivity index (χ0n) is 16.0. The molecule has 4 aromatic rings. The first-order chi connectivity index (χ1) is 15.7. The minimum Gasteiger partial charge on any atom is -0.320 e. The van der Waals surface area contributed by atoms with Gasteiger partial charge in [-0.05, 0) is 24.3 Å². The van der Waals surface area contributed by atoms with Crippen LogP contribution < -0.4 is 5.32 Å². The van der Waals surface area contributed by atoms with E-state index in [-0.39, 0.29) is 32.8 Å². The summed E-state index contributed by atoms with van der Waals surface area (Å²) in [4.78, 5) is 17.9. The topological polar surface area (TPSA) is 114 Å². The molecule has 9 nitrogen and oxygen atoms in total. The quantitative estimate of drug-likeness (QED) is 0.454. The predicted octanol–water partition coefficient (Wildman–Crippen LogP) is 4.30. The van der Waals surface area contributed by atoms with Crippen molar-refractivity contribution in [3.05, 3.63) is 75.9 Å². The van der Waals surface area contributed by atoms with E-state index in [4.69, 9.17) is 28.5 Å². The highest BCUT2D eigenvalue weighted by Crippen LogP contribution is 2.35. The average Bonchev–Trinajstić information content (AvgIpc) is 3.43. The third-order valence-electron chi connectivity index (χ3n) is 4.28. The summed E-state index contributed by atoms with van der Waals surface area (Å²) in [6.07, 6.45) is -0.179. The van der Waals surface area contributed by atoms with Crippen molar-refractivity contribution >= 4 is 34.8 Å². The maximum atomic E-state index is 13.9. The second-order valence-electron chi connectivity index (χ2n) is 6.40. The van der Waals surface area contributed by atoms with Crippen molar-refractivity contribution in [1.29, 1.82) is 5.26 Å². The number of hydrogen-bond donors (Lipinski definition) is 1. The number of rotatable bonds is 4. The van der Waals surface area contributed by atoms with Crippen LogP contribution in [-0.4, -0.2) is 35.7 Å². The summed E-state index contributed by atoms with van der Waals surface area (Å²) in [7, 11) is 0. The van der Waals surface area contributed by atoms with Crippen molar-refractivity contribution in [3.63, 3.8) is 0 Å². The van der Waals surface area contributed by atoms with E-state index in [9.17, 15) is 18.0 Å². The molecule has 0 aliphatic rings. The first-order valence-corrected chi connectivity index (χ1v) is 9.63. The third kappa shape index (κ3) is 4.36. The third-order valence-corrected chi connectivity index (χ3v) is 4.86. The molecule has 33 heavy (non-hydrogen) atoms. The second-order valence-corrected chi connectivity index (χ2v) is 7.21. The van der Waals surface area contributed by atoms with Crippen LogP contribution in [0.3, 0.4) is 0 Å². The Hall–Kier alpha value is -3.95. The maximum absolute atomic E-state index is 13.9. The molecule has 4 rings (SSSR count). The monoisotopic (exact) mass is 492 g/mol. The molecule has 0 radical (unpaired) electrons. The zero-order valence-corrected chi connectivity index (χ0v) is 17.6. The Balaban J connectivity index is 1.69. The van der Waals surface area contributed by atoms with Crippen molar-refractivity contribution in [3.8, 4) is 17.6 Å². The highest BCUT2D eigenvalue weighted by Gasteiger charge is 2.41. The summed E-state index contributed by atoms with van der Waals surface area (Å²) in [5, 5.41) is 22.6. The second kappa shape index (κ2) is 8.53. The number of hydrogen-bond acceptors (Lipinski definition) is 6. The highest BCUT2D eigenvalue weighted by atomic mass is 35.5. The highest BCUT2D eigenvalue weighted by molar-refractivity contribution is 6.32. The van der Waals surface area contributed by atoms with Crippen LogP contribution in [0.15, 0.2) is 49.1 Å². The van der Waals surface area contributed by atoms with Crippen molar-refractivity contribution in [2.24, 2.45) is 0 Å². The fourth-order valence-corrected chi connectivity index (χ4v) is 3.39. The molecule has 0 spiro atoms. The van der Waals surface area contributed by atoms with Crippen LogP contribution in [0, 0.1) is 11.3 Å². The molecule has 1 N–H and O–H groups in total. The van der Waals surface area contributed by atoms with E-state index < -0.39 is 23.3 Å². The van der Waals surface area contributed by atoms with Gasteiger partial charge in [-0.25, -0.2) is 9.67 Å². The van der Waals surface area contributed by atoms with E-state index in [1.54, 1.807) is 0 Å². The molecule has 166 valence electrons. The molecule has 3 heterocycles. The van der Waals surface area contributed by atoms with Gasteiger partial charge in [-0.1, -0.05) is 23.2 Å². The number of nitrogens with one attached hydrogen (secondary N) is 1. The van der Waals surface area contributed by atoms with Gasteiger partial charge in [0.2, 0.25) is 0 Å². The number of nitriles is 1. The molecule has 1 aromatic carbocycles. The Kier molecular flexibility index (Phi) is 5.75. The molecule has 1 amide bonds. The molecule has 0 saturated carbocycles. The van der Waals surface area contributed by atoms with E-state index in [0.717, 1.165) is 11.0 Å². The number of carbonyl (C=O) groups excluding carboxylic acids is 1. The predicted molar refractivity (Wildman–Crippen MR) is 110 cm³/mol. The SMILES string of the molecule is N#Cc1ccc(-n2ncc(C(=O)Nc3cnc(-n4nccn4)c(Cl)c3)c2C(F)(F)F)c(Cl)c1. The van der Waals surface area contributed by atoms with Crippen molar-refractivity contribution in [2.45, 2.75) is 6.18 Å². The van der Waals surface area contributed by atoms with Crippen LogP contribution in [0.2, 0.25) is 10.0 Å². The summed E-state index contributed by atoms with van der Waals surface area (Å²) < 4.78 is 42.2. The number of nitrogens with zero attached hydrogens (tertiary/aromatic N) is 7. The van der Waals surface area contributed by atoms with E-state index in [0.29, 0.717) is 4.68 Å². The molecule has 0 saturated heterocycles. The van der Waals surface area contributed by atoms with Crippen LogP contribution in [-0.2, 0) is 6.18 Å². The van der Waals surface area contributed by atoms with E-state index in [2.05, 4.69) is 25.6 Å². The van der Waals surface area contributed by atoms with Gasteiger partial charge in [0, 0.05) is 0 Å². The van der Waals surface area contributed by atoms with E-state index in [1.165, 1.54) is 42.9 Å². The van der Waals surface area contributed by atoms with Crippen LogP contribution in [0.1, 0.15) is 21.6 Å². The van der Waals surface area contributed by atoms with Gasteiger partial charge in [0.05, 0.1) is 63.4 Å². The summed E-state index contributed by atoms with van der Waals surface area (Å²) in [5.74, 6) is -0.930. The Morgan fingerprint density at radius 1 is 1.06 bits per heavy atom. The van der Waals surface area contributed by atoms with Crippen molar-refractivity contribution in [2.75, 3.05) is 5.32 Å². The lowest BCUT2D eigenvalue weighted by atomic mass is 10.2. The standard InChI is InChI=1S/C19H9Cl2F3N8O/c20-13-5-10(7-25)1-2-15(13)31-16(19(22,23)24)12(9-29-31)18(33)30-11-6-14(21)17(26-8-11)32-27-3-4-28-32/h1-6,8-9H,(H,30,33). The average molecular weight is 493 g/mol. The lowest BCUT2D eigenvalue weighted by Crippen LogP contribution is -2.21. The van der Waals surface area contributed by atoms with Gasteiger partial charge in [-0.2, -0.15) is 33.7 Å². The lowest BCUT2D eigenvalue weighted by Gasteiger charge is -2.14. The summed E-state index contributed by atoms with van der Waals surface area (Å²) in [6, 6.07) is 6.81. The van der Waals surface area contributed by atoms with Gasteiger partial charge in [0.1, 0.15) is 0 Å². The summed E-state index contributed by atoms with van der Waals surface area (Å²) in [6.45, 7) is 0. The number of alkyl halides is 3. The molecule has 14 heteroatoms. The molecular formula is C19H9Cl2F3N8O. The number of amides is 1. The molecule has 0 atom stereocenters. The minimum absolute atomic E-state index is 0.0400. The first-order valence-electron chi connectivity index (χ1n) is 8.88. The number of pyridine rings is 1. The minimum atomic E-state index is -4.95. The van der Waals surface area contributed by atoms with Crippen molar-refractivity contribution < 1.29 is 18.0 Å². The molecule has 0 aliphatic heterocycles. The number of halogens is 5. The molecular weight excluding hydrogens is 484 g/mol. The molecule has 0 bridgehead atoms. The van der Waals surface area contributed by atoms with Gasteiger partial charge >= 0.3 is 6.18 Å². The lowest BCUT2D eigenvalue weighted by molar-refractivity contribution is -0.143. The van der Waals surface area contributed by atoms with E-state index in [1.807, 2.05) is 6.07 Å². The van der Waals surface area contributed by atoms with Gasteiger partial charge in [-0.3, -0.25) is 4.79 Å². The summed E-state index contributed by atoms with van der Waals surface area (Å²) in [5.41, 5.74) is -2.05. The van der Waals surface area contributed by atoms with Gasteiger partial charge < -0.3 is 5.32 Å². The molecule has 0 fully saturated rings. The number of aromatic nitrogens is 6. The fourth-order valence-electron chi connectivity index (χ4n) is 2.89. The Bertz CT molecular complexity index is 1390. The van der Waals surface area contributed by atoms with E-state index >= 15 is 0 Å². The number of anilines is 1. The van der Waals surface area contributed by atoms with Gasteiger partial charge in [0.15, 0.2) is 11.5 Å². The van der Waals surface area contributed by atoms with Crippen LogP contribution >= 0.6 is 23.2 Å². The smallest absolute Gasteiger partial charge is 0.320 e. The zero-order chi connectivity index (χ0) is 23.8. The van der Waals surface area contributed by atoms with Crippen molar-refractivity contribution in [1.82, 2.24) is 29.8 Å². The Labute approximate surface area is 193 Å².